The Morgan fingerprint density at radius 1 is 1.19 bits per heavy atom. The molecule has 31 heavy (non-hydrogen) atoms. The number of phenols is 1. The number of hydrogen-bond donors (Lipinski definition) is 2. The van der Waals surface area contributed by atoms with Crippen molar-refractivity contribution in [1.29, 1.82) is 0 Å². The fraction of sp³-hybridized carbons (Fsp3) is 0.304. The molecule has 1 saturated heterocycles. The van der Waals surface area contributed by atoms with Crippen molar-refractivity contribution < 1.29 is 24.2 Å². The Morgan fingerprint density at radius 3 is 2.45 bits per heavy atom. The number of carbonyl (C=O) groups excluding carboxylic acids is 2. The van der Waals surface area contributed by atoms with Crippen molar-refractivity contribution >= 4 is 29.5 Å². The van der Waals surface area contributed by atoms with E-state index in [9.17, 15) is 14.7 Å². The van der Waals surface area contributed by atoms with E-state index in [1.54, 1.807) is 35.2 Å². The van der Waals surface area contributed by atoms with Crippen LogP contribution in [0.1, 0.15) is 24.0 Å². The number of likely N-dealkylation sites (tertiary alicyclic amines) is 1. The van der Waals surface area contributed by atoms with Crippen LogP contribution in [0.15, 0.2) is 42.5 Å². The van der Waals surface area contributed by atoms with Crippen LogP contribution in [0, 0.1) is 0 Å². The summed E-state index contributed by atoms with van der Waals surface area (Å²) in [4.78, 5) is 27.0. The SMILES string of the molecule is COc1cc(C=CC(=O)N2CCCC2C(=O)NCc2ccc(Cl)cc2)cc(OC)c1O. The fourth-order valence-corrected chi connectivity index (χ4v) is 3.61. The molecule has 8 heteroatoms. The molecule has 2 N–H and O–H groups in total. The molecule has 0 aromatic heterocycles. The summed E-state index contributed by atoms with van der Waals surface area (Å²) in [5.41, 5.74) is 1.56. The van der Waals surface area contributed by atoms with Crippen LogP contribution in [0.5, 0.6) is 17.2 Å². The molecule has 2 aromatic rings. The maximum absolute atomic E-state index is 12.8. The average molecular weight is 445 g/mol. The van der Waals surface area contributed by atoms with Crippen LogP contribution in [0.2, 0.25) is 5.02 Å². The topological polar surface area (TPSA) is 88.1 Å². The van der Waals surface area contributed by atoms with Gasteiger partial charge in [-0.3, -0.25) is 9.59 Å². The Kier molecular flexibility index (Phi) is 7.41. The molecule has 7 nitrogen and oxygen atoms in total. The lowest BCUT2D eigenvalue weighted by molar-refractivity contribution is -0.135. The summed E-state index contributed by atoms with van der Waals surface area (Å²) in [5, 5.41) is 13.5. The second kappa shape index (κ2) is 10.2. The number of benzene rings is 2. The number of halogens is 1. The van der Waals surface area contributed by atoms with E-state index in [1.165, 1.54) is 20.3 Å². The third kappa shape index (κ3) is 5.49. The van der Waals surface area contributed by atoms with E-state index in [4.69, 9.17) is 21.1 Å². The third-order valence-electron chi connectivity index (χ3n) is 5.14. The van der Waals surface area contributed by atoms with Crippen LogP contribution in [0.3, 0.4) is 0 Å². The summed E-state index contributed by atoms with van der Waals surface area (Å²) >= 11 is 5.88. The van der Waals surface area contributed by atoms with Gasteiger partial charge in [-0.05, 0) is 54.3 Å². The van der Waals surface area contributed by atoms with Gasteiger partial charge in [0.05, 0.1) is 14.2 Å². The standard InChI is InChI=1S/C23H25ClN2O5/c1-30-19-12-16(13-20(31-2)22(19)28)7-10-21(27)26-11-3-4-18(26)23(29)25-14-15-5-8-17(24)9-6-15/h5-10,12-13,18,28H,3-4,11,14H2,1-2H3,(H,25,29). The monoisotopic (exact) mass is 444 g/mol. The Labute approximate surface area is 186 Å². The lowest BCUT2D eigenvalue weighted by Crippen LogP contribution is -2.45. The highest BCUT2D eigenvalue weighted by molar-refractivity contribution is 6.30. The van der Waals surface area contributed by atoms with E-state index in [0.29, 0.717) is 30.1 Å². The van der Waals surface area contributed by atoms with E-state index in [-0.39, 0.29) is 29.1 Å². The maximum atomic E-state index is 12.8. The molecule has 3 rings (SSSR count). The highest BCUT2D eigenvalue weighted by atomic mass is 35.5. The molecule has 0 spiro atoms. The van der Waals surface area contributed by atoms with Gasteiger partial charge in [0.15, 0.2) is 11.5 Å². The van der Waals surface area contributed by atoms with Gasteiger partial charge >= 0.3 is 0 Å². The number of hydrogen-bond acceptors (Lipinski definition) is 5. The lowest BCUT2D eigenvalue weighted by Gasteiger charge is -2.22. The highest BCUT2D eigenvalue weighted by Crippen LogP contribution is 2.37. The number of phenolic OH excluding ortho intramolecular Hbond substituents is 1. The molecular weight excluding hydrogens is 420 g/mol. The van der Waals surface area contributed by atoms with Crippen molar-refractivity contribution in [3.05, 3.63) is 58.6 Å². The number of amides is 2. The van der Waals surface area contributed by atoms with Crippen molar-refractivity contribution in [1.82, 2.24) is 10.2 Å². The van der Waals surface area contributed by atoms with Gasteiger partial charge in [-0.2, -0.15) is 0 Å². The van der Waals surface area contributed by atoms with Gasteiger partial charge in [0.2, 0.25) is 17.6 Å². The quantitative estimate of drug-likeness (QED) is 0.639. The smallest absolute Gasteiger partial charge is 0.247 e. The van der Waals surface area contributed by atoms with Crippen LogP contribution in [0.4, 0.5) is 0 Å². The molecule has 1 atom stereocenters. The first kappa shape index (κ1) is 22.5. The summed E-state index contributed by atoms with van der Waals surface area (Å²) in [6, 6.07) is 9.93. The molecule has 1 unspecified atom stereocenters. The van der Waals surface area contributed by atoms with Crippen LogP contribution in [-0.2, 0) is 16.1 Å². The van der Waals surface area contributed by atoms with E-state index in [1.807, 2.05) is 12.1 Å². The molecule has 0 saturated carbocycles. The molecular formula is C23H25ClN2O5. The molecule has 1 aliphatic rings. The van der Waals surface area contributed by atoms with Crippen LogP contribution in [-0.4, -0.2) is 48.6 Å². The first-order valence-electron chi connectivity index (χ1n) is 9.88. The number of nitrogens with one attached hydrogen (secondary N) is 1. The largest absolute Gasteiger partial charge is 0.502 e. The summed E-state index contributed by atoms with van der Waals surface area (Å²) in [5.74, 6) is -0.0538. The first-order chi connectivity index (χ1) is 14.9. The summed E-state index contributed by atoms with van der Waals surface area (Å²) < 4.78 is 10.3. The maximum Gasteiger partial charge on any atom is 0.247 e. The summed E-state index contributed by atoms with van der Waals surface area (Å²) in [7, 11) is 2.87. The van der Waals surface area contributed by atoms with Crippen LogP contribution < -0.4 is 14.8 Å². The minimum Gasteiger partial charge on any atom is -0.502 e. The van der Waals surface area contributed by atoms with Crippen molar-refractivity contribution in [3.8, 4) is 17.2 Å². The average Bonchev–Trinajstić information content (AvgIpc) is 3.27. The normalized spacial score (nSPS) is 15.8. The number of ether oxygens (including phenoxy) is 2. The van der Waals surface area contributed by atoms with Gasteiger partial charge in [-0.15, -0.1) is 0 Å². The molecule has 1 heterocycles. The second-order valence-corrected chi connectivity index (χ2v) is 7.58. The highest BCUT2D eigenvalue weighted by Gasteiger charge is 2.32. The van der Waals surface area contributed by atoms with Crippen molar-refractivity contribution in [2.24, 2.45) is 0 Å². The lowest BCUT2D eigenvalue weighted by atomic mass is 10.1. The van der Waals surface area contributed by atoms with Gasteiger partial charge in [0.1, 0.15) is 6.04 Å². The fourth-order valence-electron chi connectivity index (χ4n) is 3.49. The number of carbonyl (C=O) groups is 2. The minimum atomic E-state index is -0.506. The zero-order chi connectivity index (χ0) is 22.4. The van der Waals surface area contributed by atoms with Gasteiger partial charge in [0.25, 0.3) is 0 Å². The molecule has 0 aliphatic carbocycles. The summed E-state index contributed by atoms with van der Waals surface area (Å²) in [6.07, 6.45) is 4.40. The van der Waals surface area contributed by atoms with Crippen LogP contribution >= 0.6 is 11.6 Å². The molecule has 0 radical (unpaired) electrons. The molecule has 164 valence electrons. The van der Waals surface area contributed by atoms with E-state index in [2.05, 4.69) is 5.32 Å². The molecule has 1 fully saturated rings. The van der Waals surface area contributed by atoms with E-state index in [0.717, 1.165) is 12.0 Å². The molecule has 2 amide bonds. The van der Waals surface area contributed by atoms with E-state index >= 15 is 0 Å². The molecule has 2 aromatic carbocycles. The minimum absolute atomic E-state index is 0.106. The van der Waals surface area contributed by atoms with Crippen LogP contribution in [0.25, 0.3) is 6.08 Å². The number of rotatable bonds is 7. The van der Waals surface area contributed by atoms with E-state index < -0.39 is 6.04 Å². The van der Waals surface area contributed by atoms with Gasteiger partial charge in [-0.1, -0.05) is 23.7 Å². The summed E-state index contributed by atoms with van der Waals surface area (Å²) in [6.45, 7) is 0.891. The Hall–Kier alpha value is -3.19. The zero-order valence-corrected chi connectivity index (χ0v) is 18.2. The first-order valence-corrected chi connectivity index (χ1v) is 10.3. The second-order valence-electron chi connectivity index (χ2n) is 7.14. The molecule has 0 bridgehead atoms. The Morgan fingerprint density at radius 2 is 1.84 bits per heavy atom. The Balaban J connectivity index is 1.65. The third-order valence-corrected chi connectivity index (χ3v) is 5.39. The number of nitrogens with zero attached hydrogens (tertiary/aromatic N) is 1. The van der Waals surface area contributed by atoms with Gasteiger partial charge < -0.3 is 24.8 Å². The van der Waals surface area contributed by atoms with Crippen molar-refractivity contribution in [3.63, 3.8) is 0 Å². The zero-order valence-electron chi connectivity index (χ0n) is 17.4. The number of methoxy groups -OCH3 is 2. The predicted molar refractivity (Wildman–Crippen MR) is 118 cm³/mol. The van der Waals surface area contributed by atoms with Crippen molar-refractivity contribution in [2.45, 2.75) is 25.4 Å². The predicted octanol–water partition coefficient (Wildman–Crippen LogP) is 3.38. The van der Waals surface area contributed by atoms with Crippen molar-refractivity contribution in [2.75, 3.05) is 20.8 Å². The Bertz CT molecular complexity index is 949. The molecule has 1 aliphatic heterocycles. The van der Waals surface area contributed by atoms with Gasteiger partial charge in [0, 0.05) is 24.2 Å². The van der Waals surface area contributed by atoms with Gasteiger partial charge in [-0.25, -0.2) is 0 Å². The number of aromatic hydroxyl groups is 1.